The summed E-state index contributed by atoms with van der Waals surface area (Å²) in [5, 5.41) is 6.78. The number of anilines is 1. The van der Waals surface area contributed by atoms with Crippen molar-refractivity contribution < 1.29 is 14.3 Å². The fourth-order valence-electron chi connectivity index (χ4n) is 4.78. The molecule has 0 spiro atoms. The molecule has 186 valence electrons. The maximum Gasteiger partial charge on any atom is 0.255 e. The quantitative estimate of drug-likeness (QED) is 0.381. The van der Waals surface area contributed by atoms with Crippen molar-refractivity contribution in [2.45, 2.75) is 58.0 Å². The van der Waals surface area contributed by atoms with E-state index in [1.807, 2.05) is 36.8 Å². The maximum atomic E-state index is 13.3. The number of nitrogens with one attached hydrogen (secondary N) is 2. The van der Waals surface area contributed by atoms with Gasteiger partial charge in [0.2, 0.25) is 0 Å². The largest absolute Gasteiger partial charge is 0.493 e. The Kier molecular flexibility index (Phi) is 8.29. The first kappa shape index (κ1) is 24.6. The molecular weight excluding hydrogens is 440 g/mol. The lowest BCUT2D eigenvalue weighted by molar-refractivity contribution is 0.0924. The number of para-hydroxylation sites is 1. The smallest absolute Gasteiger partial charge is 0.255 e. The SMILES string of the molecule is COc1cc(-c2ccccc2NCCCn2cncc2C)cc(C(=O)NC2CCCCC2)c1OC. The van der Waals surface area contributed by atoms with Crippen LogP contribution in [0.2, 0.25) is 0 Å². The Morgan fingerprint density at radius 3 is 2.63 bits per heavy atom. The highest BCUT2D eigenvalue weighted by Crippen LogP contribution is 2.38. The summed E-state index contributed by atoms with van der Waals surface area (Å²) in [6, 6.07) is 12.2. The number of aromatic nitrogens is 2. The number of benzene rings is 2. The Balaban J connectivity index is 1.56. The third-order valence-electron chi connectivity index (χ3n) is 6.71. The minimum absolute atomic E-state index is 0.116. The van der Waals surface area contributed by atoms with Crippen molar-refractivity contribution >= 4 is 11.6 Å². The number of methoxy groups -OCH3 is 2. The van der Waals surface area contributed by atoms with E-state index in [4.69, 9.17) is 9.47 Å². The summed E-state index contributed by atoms with van der Waals surface area (Å²) in [6.07, 6.45) is 10.3. The van der Waals surface area contributed by atoms with Crippen LogP contribution < -0.4 is 20.1 Å². The third kappa shape index (κ3) is 5.96. The van der Waals surface area contributed by atoms with Gasteiger partial charge in [-0.2, -0.15) is 0 Å². The summed E-state index contributed by atoms with van der Waals surface area (Å²) in [4.78, 5) is 17.5. The van der Waals surface area contributed by atoms with Crippen molar-refractivity contribution in [2.75, 3.05) is 26.1 Å². The standard InChI is InChI=1S/C28H36N4O3/c1-20-18-29-19-32(20)15-9-14-30-25-13-8-7-12-23(25)21-16-24(27(35-3)26(17-21)34-2)28(33)31-22-10-5-4-6-11-22/h7-8,12-13,16-19,22,30H,4-6,9-11,14-15H2,1-3H3,(H,31,33). The fraction of sp³-hybridized carbons (Fsp3) is 0.429. The molecule has 4 rings (SSSR count). The summed E-state index contributed by atoms with van der Waals surface area (Å²) in [5.74, 6) is 0.893. The molecule has 1 aromatic heterocycles. The highest BCUT2D eigenvalue weighted by atomic mass is 16.5. The molecule has 0 radical (unpaired) electrons. The molecule has 1 aliphatic carbocycles. The van der Waals surface area contributed by atoms with Crippen molar-refractivity contribution in [3.05, 3.63) is 60.2 Å². The summed E-state index contributed by atoms with van der Waals surface area (Å²) < 4.78 is 13.4. The van der Waals surface area contributed by atoms with Crippen LogP contribution in [0.1, 0.15) is 54.6 Å². The van der Waals surface area contributed by atoms with Crippen LogP contribution in [0.25, 0.3) is 11.1 Å². The van der Waals surface area contributed by atoms with Crippen molar-refractivity contribution in [1.29, 1.82) is 0 Å². The van der Waals surface area contributed by atoms with E-state index in [1.54, 1.807) is 14.2 Å². The maximum absolute atomic E-state index is 13.3. The van der Waals surface area contributed by atoms with Gasteiger partial charge >= 0.3 is 0 Å². The molecule has 2 N–H and O–H groups in total. The molecule has 1 fully saturated rings. The number of imidazole rings is 1. The molecule has 0 atom stereocenters. The van der Waals surface area contributed by atoms with Crippen LogP contribution >= 0.6 is 0 Å². The summed E-state index contributed by atoms with van der Waals surface area (Å²) in [7, 11) is 3.18. The van der Waals surface area contributed by atoms with Gasteiger partial charge in [-0.25, -0.2) is 4.98 Å². The topological polar surface area (TPSA) is 77.4 Å². The first-order valence-corrected chi connectivity index (χ1v) is 12.5. The van der Waals surface area contributed by atoms with Crippen LogP contribution in [0.5, 0.6) is 11.5 Å². The average molecular weight is 477 g/mol. The number of rotatable bonds is 10. The average Bonchev–Trinajstić information content (AvgIpc) is 3.31. The van der Waals surface area contributed by atoms with Crippen molar-refractivity contribution in [3.63, 3.8) is 0 Å². The van der Waals surface area contributed by atoms with E-state index in [1.165, 1.54) is 6.42 Å². The minimum atomic E-state index is -0.116. The van der Waals surface area contributed by atoms with Crippen molar-refractivity contribution in [1.82, 2.24) is 14.9 Å². The van der Waals surface area contributed by atoms with Gasteiger partial charge in [0, 0.05) is 42.3 Å². The summed E-state index contributed by atoms with van der Waals surface area (Å²) in [6.45, 7) is 3.79. The van der Waals surface area contributed by atoms with E-state index in [2.05, 4.69) is 39.2 Å². The van der Waals surface area contributed by atoms with E-state index >= 15 is 0 Å². The number of carbonyl (C=O) groups excluding carboxylic acids is 1. The second-order valence-corrected chi connectivity index (χ2v) is 9.12. The van der Waals surface area contributed by atoms with Crippen LogP contribution in [0, 0.1) is 6.92 Å². The molecule has 35 heavy (non-hydrogen) atoms. The molecule has 3 aromatic rings. The summed E-state index contributed by atoms with van der Waals surface area (Å²) >= 11 is 0. The van der Waals surface area contributed by atoms with Crippen LogP contribution in [0.3, 0.4) is 0 Å². The number of hydrogen-bond acceptors (Lipinski definition) is 5. The molecule has 0 bridgehead atoms. The van der Waals surface area contributed by atoms with E-state index < -0.39 is 0 Å². The van der Waals surface area contributed by atoms with E-state index in [9.17, 15) is 4.79 Å². The van der Waals surface area contributed by atoms with Gasteiger partial charge in [-0.3, -0.25) is 4.79 Å². The molecule has 2 aromatic carbocycles. The van der Waals surface area contributed by atoms with Gasteiger partial charge in [0.25, 0.3) is 5.91 Å². The van der Waals surface area contributed by atoms with Gasteiger partial charge in [-0.05, 0) is 49.9 Å². The number of amides is 1. The number of carbonyl (C=O) groups is 1. The zero-order chi connectivity index (χ0) is 24.6. The number of nitrogens with zero attached hydrogens (tertiary/aromatic N) is 2. The van der Waals surface area contributed by atoms with Gasteiger partial charge < -0.3 is 24.7 Å². The molecule has 7 nitrogen and oxygen atoms in total. The molecule has 1 aliphatic rings. The predicted octanol–water partition coefficient (Wildman–Crippen LogP) is 5.44. The van der Waals surface area contributed by atoms with Crippen LogP contribution in [-0.2, 0) is 6.54 Å². The highest BCUT2D eigenvalue weighted by Gasteiger charge is 2.23. The predicted molar refractivity (Wildman–Crippen MR) is 139 cm³/mol. The van der Waals surface area contributed by atoms with Gasteiger partial charge in [-0.15, -0.1) is 0 Å². The first-order valence-electron chi connectivity index (χ1n) is 12.5. The van der Waals surface area contributed by atoms with Gasteiger partial charge in [0.1, 0.15) is 0 Å². The molecule has 7 heteroatoms. The molecule has 1 amide bonds. The zero-order valence-electron chi connectivity index (χ0n) is 21.0. The lowest BCUT2D eigenvalue weighted by Gasteiger charge is -2.24. The Morgan fingerprint density at radius 1 is 1.11 bits per heavy atom. The van der Waals surface area contributed by atoms with Crippen molar-refractivity contribution in [3.8, 4) is 22.6 Å². The first-order chi connectivity index (χ1) is 17.1. The van der Waals surface area contributed by atoms with E-state index in [-0.39, 0.29) is 11.9 Å². The normalized spacial score (nSPS) is 13.9. The Morgan fingerprint density at radius 2 is 1.91 bits per heavy atom. The van der Waals surface area contributed by atoms with Crippen LogP contribution in [-0.4, -0.2) is 42.3 Å². The third-order valence-corrected chi connectivity index (χ3v) is 6.71. The van der Waals surface area contributed by atoms with Crippen LogP contribution in [0.15, 0.2) is 48.9 Å². The molecule has 1 heterocycles. The lowest BCUT2D eigenvalue weighted by Crippen LogP contribution is -2.36. The van der Waals surface area contributed by atoms with Crippen molar-refractivity contribution in [2.24, 2.45) is 0 Å². The zero-order valence-corrected chi connectivity index (χ0v) is 21.0. The highest BCUT2D eigenvalue weighted by molar-refractivity contribution is 6.00. The number of aryl methyl sites for hydroxylation is 2. The molecule has 0 saturated heterocycles. The second kappa shape index (κ2) is 11.8. The van der Waals surface area contributed by atoms with Gasteiger partial charge in [-0.1, -0.05) is 37.5 Å². The van der Waals surface area contributed by atoms with E-state index in [0.717, 1.165) is 67.7 Å². The Hall–Kier alpha value is -3.48. The minimum Gasteiger partial charge on any atom is -0.493 e. The molecule has 1 saturated carbocycles. The molecular formula is C28H36N4O3. The molecule has 0 aliphatic heterocycles. The number of ether oxygens (including phenoxy) is 2. The van der Waals surface area contributed by atoms with E-state index in [0.29, 0.717) is 17.1 Å². The molecule has 0 unspecified atom stereocenters. The number of hydrogen-bond donors (Lipinski definition) is 2. The van der Waals surface area contributed by atoms with Gasteiger partial charge in [0.15, 0.2) is 11.5 Å². The Labute approximate surface area is 207 Å². The monoisotopic (exact) mass is 476 g/mol. The Bertz CT molecular complexity index is 1130. The van der Waals surface area contributed by atoms with Gasteiger partial charge in [0.05, 0.1) is 26.1 Å². The van der Waals surface area contributed by atoms with Crippen LogP contribution in [0.4, 0.5) is 5.69 Å². The second-order valence-electron chi connectivity index (χ2n) is 9.12. The lowest BCUT2D eigenvalue weighted by atomic mass is 9.94. The fourth-order valence-corrected chi connectivity index (χ4v) is 4.78. The summed E-state index contributed by atoms with van der Waals surface area (Å²) in [5.41, 5.74) is 4.59.